The van der Waals surface area contributed by atoms with Crippen LogP contribution in [0.4, 0.5) is 8.78 Å². The highest BCUT2D eigenvalue weighted by Gasteiger charge is 2.16. The van der Waals surface area contributed by atoms with Gasteiger partial charge in [-0.15, -0.1) is 0 Å². The van der Waals surface area contributed by atoms with Gasteiger partial charge in [-0.1, -0.05) is 5.16 Å². The standard InChI is InChI=1S/C21H16F2N4O3/c1-12(2)29-15-6-3-13(4-7-15)20-24-21(30-26-20)19-18(28)9-10-27(25-19)14-5-8-16(22)17(23)11-14/h3-12H,1-2H3. The van der Waals surface area contributed by atoms with E-state index in [0.29, 0.717) is 11.3 Å². The largest absolute Gasteiger partial charge is 0.491 e. The molecule has 0 atom stereocenters. The van der Waals surface area contributed by atoms with Crippen LogP contribution in [-0.2, 0) is 0 Å². The lowest BCUT2D eigenvalue weighted by atomic mass is 10.2. The van der Waals surface area contributed by atoms with Crippen LogP contribution in [0.3, 0.4) is 0 Å². The average Bonchev–Trinajstić information content (AvgIpc) is 3.20. The van der Waals surface area contributed by atoms with Crippen molar-refractivity contribution in [1.29, 1.82) is 0 Å². The first-order chi connectivity index (χ1) is 14.4. The highest BCUT2D eigenvalue weighted by atomic mass is 19.2. The molecule has 4 rings (SSSR count). The van der Waals surface area contributed by atoms with Gasteiger partial charge in [-0.2, -0.15) is 10.1 Å². The zero-order valence-electron chi connectivity index (χ0n) is 16.0. The highest BCUT2D eigenvalue weighted by molar-refractivity contribution is 5.58. The molecule has 9 heteroatoms. The van der Waals surface area contributed by atoms with Gasteiger partial charge < -0.3 is 9.26 Å². The molecule has 0 spiro atoms. The summed E-state index contributed by atoms with van der Waals surface area (Å²) in [6, 6.07) is 11.6. The Labute approximate surface area is 169 Å². The van der Waals surface area contributed by atoms with Crippen molar-refractivity contribution in [2.24, 2.45) is 0 Å². The predicted molar refractivity (Wildman–Crippen MR) is 104 cm³/mol. The fraction of sp³-hybridized carbons (Fsp3) is 0.143. The Bertz CT molecular complexity index is 1250. The summed E-state index contributed by atoms with van der Waals surface area (Å²) >= 11 is 0. The molecule has 0 saturated carbocycles. The first-order valence-corrected chi connectivity index (χ1v) is 9.07. The van der Waals surface area contributed by atoms with Crippen LogP contribution in [0.2, 0.25) is 0 Å². The highest BCUT2D eigenvalue weighted by Crippen LogP contribution is 2.23. The number of aromatic nitrogens is 4. The van der Waals surface area contributed by atoms with E-state index in [-0.39, 0.29) is 29.2 Å². The maximum Gasteiger partial charge on any atom is 0.282 e. The Balaban J connectivity index is 1.66. The molecule has 152 valence electrons. The van der Waals surface area contributed by atoms with Crippen LogP contribution < -0.4 is 10.2 Å². The fourth-order valence-corrected chi connectivity index (χ4v) is 2.72. The smallest absolute Gasteiger partial charge is 0.282 e. The number of halogens is 2. The summed E-state index contributed by atoms with van der Waals surface area (Å²) in [6.45, 7) is 3.86. The molecule has 0 aliphatic heterocycles. The Morgan fingerprint density at radius 3 is 2.50 bits per heavy atom. The molecule has 0 fully saturated rings. The normalized spacial score (nSPS) is 11.1. The van der Waals surface area contributed by atoms with Gasteiger partial charge in [-0.05, 0) is 50.2 Å². The molecule has 0 bridgehead atoms. The Kier molecular flexibility index (Phi) is 5.09. The van der Waals surface area contributed by atoms with Gasteiger partial charge in [-0.3, -0.25) is 4.79 Å². The Morgan fingerprint density at radius 1 is 1.03 bits per heavy atom. The van der Waals surface area contributed by atoms with E-state index in [2.05, 4.69) is 15.2 Å². The van der Waals surface area contributed by atoms with Crippen LogP contribution in [0.1, 0.15) is 13.8 Å². The van der Waals surface area contributed by atoms with Crippen LogP contribution in [-0.4, -0.2) is 26.0 Å². The third kappa shape index (κ3) is 3.95. The third-order valence-electron chi connectivity index (χ3n) is 4.09. The number of hydrogen-bond acceptors (Lipinski definition) is 6. The van der Waals surface area contributed by atoms with Crippen molar-refractivity contribution >= 4 is 0 Å². The number of nitrogens with zero attached hydrogens (tertiary/aromatic N) is 4. The van der Waals surface area contributed by atoms with Crippen LogP contribution in [0.25, 0.3) is 28.7 Å². The lowest BCUT2D eigenvalue weighted by Crippen LogP contribution is -2.13. The van der Waals surface area contributed by atoms with Gasteiger partial charge >= 0.3 is 0 Å². The Morgan fingerprint density at radius 2 is 1.80 bits per heavy atom. The third-order valence-corrected chi connectivity index (χ3v) is 4.09. The number of benzene rings is 2. The van der Waals surface area contributed by atoms with Gasteiger partial charge in [-0.25, -0.2) is 13.5 Å². The van der Waals surface area contributed by atoms with E-state index in [1.165, 1.54) is 23.0 Å². The zero-order chi connectivity index (χ0) is 21.3. The maximum absolute atomic E-state index is 13.5. The molecule has 7 nitrogen and oxygen atoms in total. The van der Waals surface area contributed by atoms with E-state index in [1.54, 1.807) is 24.3 Å². The lowest BCUT2D eigenvalue weighted by molar-refractivity contribution is 0.242. The van der Waals surface area contributed by atoms with E-state index in [4.69, 9.17) is 9.26 Å². The molecule has 0 radical (unpaired) electrons. The first kappa shape index (κ1) is 19.4. The lowest BCUT2D eigenvalue weighted by Gasteiger charge is -2.09. The molecule has 0 unspecified atom stereocenters. The van der Waals surface area contributed by atoms with Crippen molar-refractivity contribution in [2.75, 3.05) is 0 Å². The average molecular weight is 410 g/mol. The topological polar surface area (TPSA) is 83.0 Å². The second-order valence-corrected chi connectivity index (χ2v) is 6.69. The monoisotopic (exact) mass is 410 g/mol. The van der Waals surface area contributed by atoms with Crippen molar-refractivity contribution < 1.29 is 18.0 Å². The molecule has 0 amide bonds. The van der Waals surface area contributed by atoms with Crippen LogP contribution in [0, 0.1) is 11.6 Å². The number of ether oxygens (including phenoxy) is 1. The molecule has 2 aromatic heterocycles. The van der Waals surface area contributed by atoms with Crippen molar-refractivity contribution in [1.82, 2.24) is 19.9 Å². The van der Waals surface area contributed by atoms with Crippen LogP contribution in [0.15, 0.2) is 64.0 Å². The van der Waals surface area contributed by atoms with Crippen molar-refractivity contribution in [3.8, 4) is 34.4 Å². The maximum atomic E-state index is 13.5. The minimum absolute atomic E-state index is 0.0496. The summed E-state index contributed by atoms with van der Waals surface area (Å²) in [5, 5.41) is 8.03. The molecule has 0 saturated heterocycles. The SMILES string of the molecule is CC(C)Oc1ccc(-c2noc(-c3nn(-c4ccc(F)c(F)c4)ccc3=O)n2)cc1. The minimum atomic E-state index is -1.03. The van der Waals surface area contributed by atoms with Gasteiger partial charge in [0.25, 0.3) is 5.89 Å². The second kappa shape index (κ2) is 7.86. The molecule has 30 heavy (non-hydrogen) atoms. The van der Waals surface area contributed by atoms with Gasteiger partial charge in [0, 0.05) is 23.9 Å². The summed E-state index contributed by atoms with van der Waals surface area (Å²) in [5.74, 6) is -1.12. The van der Waals surface area contributed by atoms with Gasteiger partial charge in [0.05, 0.1) is 11.8 Å². The van der Waals surface area contributed by atoms with E-state index in [1.807, 2.05) is 13.8 Å². The van der Waals surface area contributed by atoms with Crippen molar-refractivity contribution in [3.63, 3.8) is 0 Å². The molecule has 2 heterocycles. The number of hydrogen-bond donors (Lipinski definition) is 0. The van der Waals surface area contributed by atoms with Gasteiger partial charge in [0.2, 0.25) is 11.3 Å². The predicted octanol–water partition coefficient (Wildman–Crippen LogP) is 4.01. The molecule has 2 aromatic carbocycles. The Hall–Kier alpha value is -3.88. The second-order valence-electron chi connectivity index (χ2n) is 6.69. The molecule has 0 N–H and O–H groups in total. The van der Waals surface area contributed by atoms with Crippen molar-refractivity contribution in [2.45, 2.75) is 20.0 Å². The van der Waals surface area contributed by atoms with E-state index >= 15 is 0 Å². The summed E-state index contributed by atoms with van der Waals surface area (Å²) in [4.78, 5) is 16.5. The molecular weight excluding hydrogens is 394 g/mol. The van der Waals surface area contributed by atoms with Crippen molar-refractivity contribution in [3.05, 3.63) is 76.6 Å². The molecule has 4 aromatic rings. The first-order valence-electron chi connectivity index (χ1n) is 9.07. The van der Waals surface area contributed by atoms with E-state index in [0.717, 1.165) is 12.1 Å². The summed E-state index contributed by atoms with van der Waals surface area (Å²) in [7, 11) is 0. The van der Waals surface area contributed by atoms with E-state index < -0.39 is 17.1 Å². The van der Waals surface area contributed by atoms with E-state index in [9.17, 15) is 13.6 Å². The fourth-order valence-electron chi connectivity index (χ4n) is 2.72. The zero-order valence-corrected chi connectivity index (χ0v) is 16.0. The number of rotatable bonds is 5. The quantitative estimate of drug-likeness (QED) is 0.494. The minimum Gasteiger partial charge on any atom is -0.491 e. The van der Waals surface area contributed by atoms with Crippen LogP contribution >= 0.6 is 0 Å². The molecule has 0 aliphatic carbocycles. The van der Waals surface area contributed by atoms with Gasteiger partial charge in [0.15, 0.2) is 17.3 Å². The summed E-state index contributed by atoms with van der Waals surface area (Å²) in [6.07, 6.45) is 1.39. The van der Waals surface area contributed by atoms with Gasteiger partial charge in [0.1, 0.15) is 5.75 Å². The van der Waals surface area contributed by atoms with Crippen LogP contribution in [0.5, 0.6) is 5.75 Å². The molecule has 0 aliphatic rings. The summed E-state index contributed by atoms with van der Waals surface area (Å²) in [5.41, 5.74) is 0.332. The summed E-state index contributed by atoms with van der Waals surface area (Å²) < 4.78 is 38.7. The molecular formula is C21H16F2N4O3.